The van der Waals surface area contributed by atoms with Gasteiger partial charge in [-0.3, -0.25) is 19.8 Å². The van der Waals surface area contributed by atoms with Gasteiger partial charge in [-0.25, -0.2) is 19.3 Å². The molecular weight excluding hydrogens is 627 g/mol. The van der Waals surface area contributed by atoms with E-state index in [0.29, 0.717) is 16.5 Å². The molecule has 1 saturated heterocycles. The number of tetrazole rings is 1. The minimum atomic E-state index is -1.26. The number of fused-ring (bicyclic) bond motifs is 1. The van der Waals surface area contributed by atoms with E-state index in [0.717, 1.165) is 16.2 Å². The molecule has 1 unspecified atom stereocenters. The molecule has 2 aliphatic rings. The molecule has 4 rings (SSSR count). The lowest BCUT2D eigenvalue weighted by Crippen LogP contribution is -2.70. The van der Waals surface area contributed by atoms with Gasteiger partial charge in [0.25, 0.3) is 11.8 Å². The molecule has 0 bridgehead atoms. The van der Waals surface area contributed by atoms with Crippen LogP contribution in [0.5, 0.6) is 0 Å². The summed E-state index contributed by atoms with van der Waals surface area (Å²) in [5.74, 6) is -2.07. The molecule has 40 heavy (non-hydrogen) atoms. The van der Waals surface area contributed by atoms with E-state index in [2.05, 4.69) is 31.1 Å². The summed E-state index contributed by atoms with van der Waals surface area (Å²) in [5.41, 5.74) is -0.482. The van der Waals surface area contributed by atoms with Gasteiger partial charge in [-0.2, -0.15) is 0 Å². The van der Waals surface area contributed by atoms with Crippen LogP contribution in [0.3, 0.4) is 0 Å². The number of hydrogen-bond acceptors (Lipinski definition) is 12. The number of hydrogen-bond donors (Lipinski definition) is 3. The Morgan fingerprint density at radius 1 is 1.30 bits per heavy atom. The number of aryl methyl sites for hydroxylation is 1. The molecule has 0 aliphatic carbocycles. The summed E-state index contributed by atoms with van der Waals surface area (Å²) in [6, 6.07) is -1.02. The maximum Gasteiger partial charge on any atom is 0.413 e. The molecule has 214 valence electrons. The Bertz CT molecular complexity index is 1430. The number of thiazole rings is 1. The number of ether oxygens (including phenoxy) is 1. The normalized spacial score (nSPS) is 18.6. The minimum absolute atomic E-state index is 0.0668. The first-order chi connectivity index (χ1) is 18.8. The highest BCUT2D eigenvalue weighted by Crippen LogP contribution is 2.42. The maximum atomic E-state index is 13.2. The number of amides is 3. The highest BCUT2D eigenvalue weighted by molar-refractivity contribution is 8.01. The molecule has 2 aromatic rings. The second kappa shape index (κ2) is 11.9. The Morgan fingerprint density at radius 2 is 2.02 bits per heavy atom. The summed E-state index contributed by atoms with van der Waals surface area (Å²) in [4.78, 5) is 55.7. The highest BCUT2D eigenvalue weighted by Gasteiger charge is 2.54. The summed E-state index contributed by atoms with van der Waals surface area (Å²) in [5, 5.41) is 27.5. The molecule has 0 saturated carbocycles. The van der Waals surface area contributed by atoms with E-state index in [1.807, 2.05) is 0 Å². The summed E-state index contributed by atoms with van der Waals surface area (Å²) >= 11 is 15.6. The third kappa shape index (κ3) is 6.54. The van der Waals surface area contributed by atoms with E-state index in [-0.39, 0.29) is 27.8 Å². The molecule has 3 amide bonds. The Hall–Kier alpha value is -2.86. The van der Waals surface area contributed by atoms with Crippen LogP contribution >= 0.6 is 58.1 Å². The number of nitrogens with one attached hydrogen (secondary N) is 2. The fourth-order valence-electron chi connectivity index (χ4n) is 3.64. The van der Waals surface area contributed by atoms with Gasteiger partial charge in [-0.05, 0) is 36.8 Å². The number of carboxylic acid groups (broad SMARTS) is 1. The van der Waals surface area contributed by atoms with Crippen molar-refractivity contribution in [2.75, 3.05) is 16.8 Å². The molecule has 0 spiro atoms. The van der Waals surface area contributed by atoms with E-state index in [4.69, 9.17) is 27.9 Å². The highest BCUT2D eigenvalue weighted by atomic mass is 35.5. The average Bonchev–Trinajstić information content (AvgIpc) is 3.47. The summed E-state index contributed by atoms with van der Waals surface area (Å²) in [6.07, 6.45) is -0.733. The number of carbonyl (C=O) groups is 4. The number of carbonyl (C=O) groups excluding carboxylic acids is 3. The van der Waals surface area contributed by atoms with Crippen molar-refractivity contribution in [2.45, 2.75) is 42.9 Å². The zero-order chi connectivity index (χ0) is 29.4. The van der Waals surface area contributed by atoms with Crippen LogP contribution in [0.2, 0.25) is 0 Å². The van der Waals surface area contributed by atoms with Crippen LogP contribution in [-0.2, 0) is 26.2 Å². The van der Waals surface area contributed by atoms with E-state index < -0.39 is 45.4 Å². The number of anilines is 1. The van der Waals surface area contributed by atoms with Gasteiger partial charge in [0.05, 0.1) is 11.3 Å². The molecular formula is C21H22Cl2N8O6S3. The molecule has 3 N–H and O–H groups in total. The first-order valence-electron chi connectivity index (χ1n) is 11.3. The van der Waals surface area contributed by atoms with Crippen molar-refractivity contribution in [3.63, 3.8) is 0 Å². The van der Waals surface area contributed by atoms with Crippen molar-refractivity contribution in [3.8, 4) is 0 Å². The van der Waals surface area contributed by atoms with Crippen molar-refractivity contribution in [3.05, 3.63) is 26.8 Å². The molecule has 14 nitrogen and oxygen atoms in total. The number of β-lactam (4-membered cyclic amide) rings is 1. The molecule has 2 aliphatic heterocycles. The molecule has 2 aromatic heterocycles. The number of thioether (sulfide) groups is 2. The van der Waals surface area contributed by atoms with Crippen molar-refractivity contribution < 1.29 is 29.0 Å². The molecule has 1 fully saturated rings. The molecule has 0 radical (unpaired) electrons. The van der Waals surface area contributed by atoms with E-state index in [9.17, 15) is 24.3 Å². The number of aromatic nitrogens is 5. The SMILES string of the molecule is Cn1nnnc1SCC1=C(C(=O)O)N2C(=O)C(NC(=O)C(=C(Cl)Cl)c3csc(NC(=O)OC(C)(C)C)n3)[C@H]2SC1. The lowest BCUT2D eigenvalue weighted by atomic mass is 10.0. The zero-order valence-corrected chi connectivity index (χ0v) is 25.3. The maximum absolute atomic E-state index is 13.2. The lowest BCUT2D eigenvalue weighted by Gasteiger charge is -2.49. The van der Waals surface area contributed by atoms with Gasteiger partial charge in [0.15, 0.2) is 5.13 Å². The van der Waals surface area contributed by atoms with Crippen molar-refractivity contribution in [1.82, 2.24) is 35.4 Å². The van der Waals surface area contributed by atoms with Gasteiger partial charge in [0, 0.05) is 23.9 Å². The van der Waals surface area contributed by atoms with Crippen molar-refractivity contribution in [2.24, 2.45) is 7.05 Å². The van der Waals surface area contributed by atoms with Crippen LogP contribution in [0.1, 0.15) is 26.5 Å². The third-order valence-electron chi connectivity index (χ3n) is 5.28. The molecule has 4 heterocycles. The molecule has 19 heteroatoms. The standard InChI is InChI=1S/C21H22Cl2N8O6S3/c1-21(2,3)37-20(36)26-18-24-9(7-39-18)10(13(22)23)14(32)25-11-15(33)31-12(17(34)35)8(5-38-16(11)31)6-40-19-27-28-29-30(19)4/h7,11,16H,5-6H2,1-4H3,(H,25,32)(H,34,35)(H,24,26,36)/t11?,16-/m1/s1. The number of carboxylic acids is 1. The second-order valence-electron chi connectivity index (χ2n) is 9.29. The third-order valence-corrected chi connectivity index (χ3v) is 8.85. The average molecular weight is 650 g/mol. The van der Waals surface area contributed by atoms with Crippen LogP contribution in [0.25, 0.3) is 5.57 Å². The van der Waals surface area contributed by atoms with Crippen molar-refractivity contribution in [1.29, 1.82) is 0 Å². The van der Waals surface area contributed by atoms with Crippen LogP contribution in [0.15, 0.2) is 26.3 Å². The predicted octanol–water partition coefficient (Wildman–Crippen LogP) is 2.69. The fraction of sp³-hybridized carbons (Fsp3) is 0.429. The Balaban J connectivity index is 1.45. The van der Waals surface area contributed by atoms with Crippen LogP contribution in [-0.4, -0.2) is 87.6 Å². The van der Waals surface area contributed by atoms with Crippen LogP contribution in [0, 0.1) is 0 Å². The Morgan fingerprint density at radius 3 is 2.62 bits per heavy atom. The minimum Gasteiger partial charge on any atom is -0.477 e. The van der Waals surface area contributed by atoms with E-state index in [1.165, 1.54) is 33.6 Å². The van der Waals surface area contributed by atoms with Gasteiger partial charge in [0.1, 0.15) is 27.2 Å². The number of nitrogens with zero attached hydrogens (tertiary/aromatic N) is 6. The smallest absolute Gasteiger partial charge is 0.413 e. The second-order valence-corrected chi connectivity index (χ2v) is 13.1. The predicted molar refractivity (Wildman–Crippen MR) is 150 cm³/mol. The molecule has 0 aromatic carbocycles. The van der Waals surface area contributed by atoms with E-state index in [1.54, 1.807) is 27.8 Å². The zero-order valence-electron chi connectivity index (χ0n) is 21.3. The van der Waals surface area contributed by atoms with Crippen LogP contribution < -0.4 is 10.6 Å². The first-order valence-corrected chi connectivity index (χ1v) is 15.0. The largest absolute Gasteiger partial charge is 0.477 e. The number of halogens is 2. The summed E-state index contributed by atoms with van der Waals surface area (Å²) in [7, 11) is 1.66. The van der Waals surface area contributed by atoms with Gasteiger partial charge in [-0.15, -0.1) is 28.2 Å². The summed E-state index contributed by atoms with van der Waals surface area (Å²) < 4.78 is 6.24. The first kappa shape index (κ1) is 30.1. The van der Waals surface area contributed by atoms with Gasteiger partial charge < -0.3 is 15.2 Å². The Kier molecular flexibility index (Phi) is 8.99. The Labute approximate surface area is 249 Å². The van der Waals surface area contributed by atoms with Gasteiger partial charge in [0.2, 0.25) is 5.16 Å². The number of aliphatic carboxylic acids is 1. The monoisotopic (exact) mass is 648 g/mol. The van der Waals surface area contributed by atoms with Gasteiger partial charge >= 0.3 is 12.1 Å². The fourth-order valence-corrected chi connectivity index (χ4v) is 7.03. The topological polar surface area (TPSA) is 182 Å². The van der Waals surface area contributed by atoms with E-state index >= 15 is 0 Å². The lowest BCUT2D eigenvalue weighted by molar-refractivity contribution is -0.150. The molecule has 2 atom stereocenters. The van der Waals surface area contributed by atoms with Gasteiger partial charge in [-0.1, -0.05) is 35.0 Å². The quantitative estimate of drug-likeness (QED) is 0.216. The van der Waals surface area contributed by atoms with Crippen molar-refractivity contribution >= 4 is 92.6 Å². The summed E-state index contributed by atoms with van der Waals surface area (Å²) in [6.45, 7) is 5.12. The number of rotatable bonds is 8. The van der Waals surface area contributed by atoms with Crippen LogP contribution in [0.4, 0.5) is 9.93 Å².